The largest absolute Gasteiger partial charge is 0.384 e. The molecule has 1 N–H and O–H groups in total. The number of aliphatic hydroxyl groups is 1. The van der Waals surface area contributed by atoms with E-state index in [9.17, 15) is 9.90 Å². The first-order valence-corrected chi connectivity index (χ1v) is 13.3. The van der Waals surface area contributed by atoms with Crippen molar-refractivity contribution in [1.29, 1.82) is 5.26 Å². The van der Waals surface area contributed by atoms with Crippen LogP contribution in [0.1, 0.15) is 36.7 Å². The van der Waals surface area contributed by atoms with Crippen molar-refractivity contribution in [2.75, 3.05) is 31.1 Å². The van der Waals surface area contributed by atoms with Crippen molar-refractivity contribution in [3.63, 3.8) is 0 Å². The first kappa shape index (κ1) is 26.4. The zero-order valence-corrected chi connectivity index (χ0v) is 22.6. The van der Waals surface area contributed by atoms with Crippen molar-refractivity contribution in [2.24, 2.45) is 17.8 Å². The molecule has 0 spiro atoms. The molecule has 5 atom stereocenters. The number of hydrogen-bond acceptors (Lipinski definition) is 7. The van der Waals surface area contributed by atoms with Crippen LogP contribution in [-0.4, -0.2) is 57.3 Å². The Balaban J connectivity index is 1.40. The molecule has 1 amide bonds. The monoisotopic (exact) mass is 550 g/mol. The molecule has 1 aromatic carbocycles. The normalized spacial score (nSPS) is 27.3. The molecule has 0 bridgehead atoms. The molecule has 1 unspecified atom stereocenters. The Kier molecular flexibility index (Phi) is 7.28. The molecular weight excluding hydrogens is 523 g/mol. The second-order valence-electron chi connectivity index (χ2n) is 10.3. The van der Waals surface area contributed by atoms with E-state index in [4.69, 9.17) is 28.5 Å². The zero-order valence-electron chi connectivity index (χ0n) is 21.1. The highest BCUT2D eigenvalue weighted by Crippen LogP contribution is 2.43. The molecule has 2 aliphatic heterocycles. The summed E-state index contributed by atoms with van der Waals surface area (Å²) in [6.07, 6.45) is 1.60. The highest BCUT2D eigenvalue weighted by molar-refractivity contribution is 6.30. The van der Waals surface area contributed by atoms with Crippen LogP contribution in [0.15, 0.2) is 54.7 Å². The first-order valence-electron chi connectivity index (χ1n) is 12.6. The average molecular weight is 551 g/mol. The second-order valence-corrected chi connectivity index (χ2v) is 11.2. The van der Waals surface area contributed by atoms with Gasteiger partial charge in [0.25, 0.3) is 0 Å². The number of benzene rings is 1. The predicted molar refractivity (Wildman–Crippen MR) is 145 cm³/mol. The minimum absolute atomic E-state index is 0.0210. The second kappa shape index (κ2) is 10.5. The topological polar surface area (TPSA) is 106 Å². The molecule has 4 heterocycles. The molecule has 0 radical (unpaired) electrons. The quantitative estimate of drug-likeness (QED) is 0.516. The fourth-order valence-corrected chi connectivity index (χ4v) is 6.14. The van der Waals surface area contributed by atoms with Crippen molar-refractivity contribution >= 4 is 34.9 Å². The molecule has 0 aliphatic carbocycles. The number of anilines is 1. The number of rotatable bonds is 4. The van der Waals surface area contributed by atoms with Gasteiger partial charge in [-0.15, -0.1) is 10.2 Å². The van der Waals surface area contributed by atoms with Crippen LogP contribution in [-0.2, 0) is 10.4 Å². The lowest BCUT2D eigenvalue weighted by Gasteiger charge is -2.48. The van der Waals surface area contributed by atoms with Gasteiger partial charge in [0.05, 0.1) is 16.5 Å². The Labute approximate surface area is 231 Å². The fraction of sp³-hybridized carbons (Fsp3) is 0.393. The van der Waals surface area contributed by atoms with Gasteiger partial charge in [0.15, 0.2) is 11.5 Å². The van der Waals surface area contributed by atoms with E-state index in [2.05, 4.69) is 15.2 Å². The van der Waals surface area contributed by atoms with E-state index >= 15 is 0 Å². The van der Waals surface area contributed by atoms with E-state index in [0.717, 1.165) is 11.3 Å². The number of likely N-dealkylation sites (tertiary alicyclic amines) is 1. The van der Waals surface area contributed by atoms with Gasteiger partial charge in [-0.3, -0.25) is 9.78 Å². The summed E-state index contributed by atoms with van der Waals surface area (Å²) in [5.41, 5.74) is 0.760. The molecule has 2 aromatic heterocycles. The summed E-state index contributed by atoms with van der Waals surface area (Å²) in [7, 11) is 0. The maximum atomic E-state index is 14.1. The van der Waals surface area contributed by atoms with Crippen LogP contribution in [0.25, 0.3) is 0 Å². The maximum absolute atomic E-state index is 14.1. The van der Waals surface area contributed by atoms with E-state index in [0.29, 0.717) is 42.0 Å². The number of carbonyl (C=O) groups excluding carboxylic acids is 1. The smallest absolute Gasteiger partial charge is 0.228 e. The number of carbonyl (C=O) groups is 1. The Morgan fingerprint density at radius 3 is 2.24 bits per heavy atom. The van der Waals surface area contributed by atoms with Crippen LogP contribution >= 0.6 is 23.2 Å². The minimum Gasteiger partial charge on any atom is -0.384 e. The van der Waals surface area contributed by atoms with Gasteiger partial charge in [-0.05, 0) is 42.0 Å². The summed E-state index contributed by atoms with van der Waals surface area (Å²) in [6.45, 7) is 5.78. The van der Waals surface area contributed by atoms with Crippen molar-refractivity contribution in [1.82, 2.24) is 20.1 Å². The van der Waals surface area contributed by atoms with Crippen LogP contribution < -0.4 is 4.90 Å². The molecule has 8 nitrogen and oxygen atoms in total. The van der Waals surface area contributed by atoms with Crippen LogP contribution in [0.2, 0.25) is 10.0 Å². The summed E-state index contributed by atoms with van der Waals surface area (Å²) in [6, 6.07) is 16.3. The summed E-state index contributed by atoms with van der Waals surface area (Å²) in [4.78, 5) is 22.5. The third-order valence-electron chi connectivity index (χ3n) is 7.97. The molecule has 3 aromatic rings. The molecular formula is C28H28Cl2N6O2. The highest BCUT2D eigenvalue weighted by atomic mass is 35.5. The molecule has 38 heavy (non-hydrogen) atoms. The third-order valence-corrected chi connectivity index (χ3v) is 8.44. The molecule has 10 heteroatoms. The van der Waals surface area contributed by atoms with Crippen molar-refractivity contribution in [3.8, 4) is 6.07 Å². The Morgan fingerprint density at radius 1 is 0.974 bits per heavy atom. The van der Waals surface area contributed by atoms with Crippen LogP contribution in [0.4, 0.5) is 5.82 Å². The zero-order chi connectivity index (χ0) is 27.0. The Morgan fingerprint density at radius 2 is 1.66 bits per heavy atom. The Bertz CT molecular complexity index is 1330. The van der Waals surface area contributed by atoms with Gasteiger partial charge in [0, 0.05) is 60.8 Å². The lowest BCUT2D eigenvalue weighted by atomic mass is 9.70. The summed E-state index contributed by atoms with van der Waals surface area (Å²) in [5, 5.41) is 30.2. The number of piperidine rings is 1. The summed E-state index contributed by atoms with van der Waals surface area (Å²) in [5.74, 6) is -0.304. The SMILES string of the molecule is C[C@@H]1CN(C(=O)[C@@H]2CN(c3ccc(C#N)nn3)C[C@@H]2c2ccc(Cl)cn2)C[C@H](C)C1(O)c1ccc(Cl)cc1. The van der Waals surface area contributed by atoms with Gasteiger partial charge in [-0.2, -0.15) is 5.26 Å². The molecule has 2 aliphatic rings. The van der Waals surface area contributed by atoms with Gasteiger partial charge in [0.2, 0.25) is 5.91 Å². The van der Waals surface area contributed by atoms with E-state index < -0.39 is 5.60 Å². The molecule has 2 fully saturated rings. The van der Waals surface area contributed by atoms with Gasteiger partial charge >= 0.3 is 0 Å². The molecule has 5 rings (SSSR count). The van der Waals surface area contributed by atoms with Crippen LogP contribution in [0.5, 0.6) is 0 Å². The van der Waals surface area contributed by atoms with E-state index in [1.54, 1.807) is 36.5 Å². The van der Waals surface area contributed by atoms with Crippen molar-refractivity contribution in [3.05, 3.63) is 81.7 Å². The average Bonchev–Trinajstić information content (AvgIpc) is 3.37. The summed E-state index contributed by atoms with van der Waals surface area (Å²) >= 11 is 12.2. The third kappa shape index (κ3) is 4.82. The minimum atomic E-state index is -1.07. The number of nitrogens with zero attached hydrogens (tertiary/aromatic N) is 6. The number of pyridine rings is 1. The van der Waals surface area contributed by atoms with Gasteiger partial charge in [-0.1, -0.05) is 49.2 Å². The van der Waals surface area contributed by atoms with Gasteiger partial charge in [-0.25, -0.2) is 0 Å². The van der Waals surface area contributed by atoms with Gasteiger partial charge < -0.3 is 14.9 Å². The van der Waals surface area contributed by atoms with Crippen LogP contribution in [0, 0.1) is 29.1 Å². The lowest BCUT2D eigenvalue weighted by molar-refractivity contribution is -0.152. The number of nitriles is 1. The van der Waals surface area contributed by atoms with Crippen molar-refractivity contribution < 1.29 is 9.90 Å². The Hall–Kier alpha value is -3.25. The van der Waals surface area contributed by atoms with E-state index in [1.807, 2.05) is 47.9 Å². The fourth-order valence-electron chi connectivity index (χ4n) is 5.90. The maximum Gasteiger partial charge on any atom is 0.228 e. The lowest BCUT2D eigenvalue weighted by Crippen LogP contribution is -2.57. The number of aromatic nitrogens is 3. The number of amides is 1. The standard InChI is InChI=1S/C28H28Cl2N6O2/c1-17-13-36(14-18(2)28(17,38)19-3-5-20(29)6-4-19)27(37)24-16-35(26-10-8-22(11-31)33-34-26)15-23(24)25-9-7-21(30)12-32-25/h3-10,12,17-18,23-24,38H,13-16H2,1-2H3/t17-,18+,23-,24+,28?/m0/s1. The number of halogens is 2. The summed E-state index contributed by atoms with van der Waals surface area (Å²) < 4.78 is 0. The van der Waals surface area contributed by atoms with E-state index in [1.165, 1.54) is 0 Å². The van der Waals surface area contributed by atoms with Crippen molar-refractivity contribution in [2.45, 2.75) is 25.4 Å². The highest BCUT2D eigenvalue weighted by Gasteiger charge is 2.49. The van der Waals surface area contributed by atoms with Crippen LogP contribution in [0.3, 0.4) is 0 Å². The first-order chi connectivity index (χ1) is 18.2. The molecule has 0 saturated carbocycles. The number of hydrogen-bond donors (Lipinski definition) is 1. The molecule has 196 valence electrons. The molecule has 2 saturated heterocycles. The van der Waals surface area contributed by atoms with Gasteiger partial charge in [0.1, 0.15) is 6.07 Å². The predicted octanol–water partition coefficient (Wildman–Crippen LogP) is 4.27. The van der Waals surface area contributed by atoms with E-state index in [-0.39, 0.29) is 35.3 Å².